The predicted octanol–water partition coefficient (Wildman–Crippen LogP) is 4.21. The highest BCUT2D eigenvalue weighted by Gasteiger charge is 2.09. The molecule has 2 rings (SSSR count). The molecule has 0 heterocycles. The van der Waals surface area contributed by atoms with Gasteiger partial charge in [0.1, 0.15) is 17.3 Å². The quantitative estimate of drug-likeness (QED) is 0.885. The highest BCUT2D eigenvalue weighted by atomic mass is 19.1. The topological polar surface area (TPSA) is 35.2 Å². The Balaban J connectivity index is 2.23. The molecule has 106 valence electrons. The largest absolute Gasteiger partial charge is 0.457 e. The van der Waals surface area contributed by atoms with E-state index in [0.717, 1.165) is 24.2 Å². The zero-order valence-electron chi connectivity index (χ0n) is 11.9. The summed E-state index contributed by atoms with van der Waals surface area (Å²) < 4.78 is 18.7. The van der Waals surface area contributed by atoms with Gasteiger partial charge in [0.05, 0.1) is 0 Å². The number of hydrogen-bond donors (Lipinski definition) is 1. The van der Waals surface area contributed by atoms with Gasteiger partial charge in [-0.25, -0.2) is 4.39 Å². The second kappa shape index (κ2) is 6.53. The van der Waals surface area contributed by atoms with Crippen molar-refractivity contribution in [1.29, 1.82) is 0 Å². The Bertz CT molecular complexity index is 566. The molecule has 0 radical (unpaired) electrons. The minimum Gasteiger partial charge on any atom is -0.457 e. The molecule has 0 amide bonds. The average Bonchev–Trinajstić information content (AvgIpc) is 2.44. The number of aryl methyl sites for hydroxylation is 1. The van der Waals surface area contributed by atoms with E-state index in [9.17, 15) is 4.39 Å². The molecular formula is C17H20FNO. The maximum absolute atomic E-state index is 12.9. The van der Waals surface area contributed by atoms with Crippen LogP contribution in [-0.4, -0.2) is 6.04 Å². The number of hydrogen-bond acceptors (Lipinski definition) is 2. The van der Waals surface area contributed by atoms with Gasteiger partial charge in [-0.15, -0.1) is 0 Å². The van der Waals surface area contributed by atoms with Crippen molar-refractivity contribution in [2.45, 2.75) is 32.7 Å². The number of rotatable bonds is 5. The van der Waals surface area contributed by atoms with E-state index in [-0.39, 0.29) is 11.9 Å². The fourth-order valence-electron chi connectivity index (χ4n) is 2.02. The first-order valence-electron chi connectivity index (χ1n) is 6.87. The Hall–Kier alpha value is -1.87. The van der Waals surface area contributed by atoms with Crippen LogP contribution in [0, 0.1) is 12.7 Å². The van der Waals surface area contributed by atoms with E-state index in [2.05, 4.69) is 13.0 Å². The number of benzene rings is 2. The molecule has 0 aliphatic carbocycles. The number of halogens is 1. The second-order valence-electron chi connectivity index (χ2n) is 5.04. The van der Waals surface area contributed by atoms with Gasteiger partial charge in [-0.2, -0.15) is 0 Å². The molecule has 0 aliphatic rings. The predicted molar refractivity (Wildman–Crippen MR) is 79.6 cm³/mol. The van der Waals surface area contributed by atoms with E-state index in [4.69, 9.17) is 10.5 Å². The third kappa shape index (κ3) is 3.81. The molecule has 0 spiro atoms. The van der Waals surface area contributed by atoms with Crippen LogP contribution in [0.3, 0.4) is 0 Å². The second-order valence-corrected chi connectivity index (χ2v) is 5.04. The first-order valence-corrected chi connectivity index (χ1v) is 6.87. The van der Waals surface area contributed by atoms with Gasteiger partial charge >= 0.3 is 0 Å². The Morgan fingerprint density at radius 1 is 1.15 bits per heavy atom. The lowest BCUT2D eigenvalue weighted by atomic mass is 10.0. The first-order chi connectivity index (χ1) is 9.58. The minimum atomic E-state index is -0.269. The van der Waals surface area contributed by atoms with E-state index >= 15 is 0 Å². The van der Waals surface area contributed by atoms with E-state index < -0.39 is 0 Å². The molecule has 0 saturated carbocycles. The van der Waals surface area contributed by atoms with Crippen molar-refractivity contribution in [2.75, 3.05) is 0 Å². The van der Waals surface area contributed by atoms with Gasteiger partial charge < -0.3 is 10.5 Å². The molecule has 0 aliphatic heterocycles. The van der Waals surface area contributed by atoms with Crippen molar-refractivity contribution in [1.82, 2.24) is 0 Å². The van der Waals surface area contributed by atoms with Gasteiger partial charge in [-0.1, -0.05) is 24.6 Å². The van der Waals surface area contributed by atoms with Crippen LogP contribution in [0.15, 0.2) is 42.5 Å². The molecule has 2 nitrogen and oxygen atoms in total. The van der Waals surface area contributed by atoms with Crippen LogP contribution in [-0.2, 0) is 6.42 Å². The van der Waals surface area contributed by atoms with E-state index in [1.54, 1.807) is 12.1 Å². The Labute approximate surface area is 119 Å². The summed E-state index contributed by atoms with van der Waals surface area (Å²) in [6.07, 6.45) is 1.69. The maximum Gasteiger partial charge on any atom is 0.130 e. The molecule has 0 fully saturated rings. The van der Waals surface area contributed by atoms with Crippen molar-refractivity contribution in [3.63, 3.8) is 0 Å². The Kier molecular flexibility index (Phi) is 4.74. The number of nitrogens with two attached hydrogens (primary N) is 1. The van der Waals surface area contributed by atoms with Crippen LogP contribution in [0.25, 0.3) is 0 Å². The fourth-order valence-corrected chi connectivity index (χ4v) is 2.02. The SMILES string of the molecule is CCC(N)Cc1cc(C)ccc1Oc1ccc(F)cc1. The minimum absolute atomic E-state index is 0.118. The van der Waals surface area contributed by atoms with Gasteiger partial charge in [-0.05, 0) is 55.7 Å². The molecule has 3 heteroatoms. The summed E-state index contributed by atoms with van der Waals surface area (Å²) in [5, 5.41) is 0. The molecule has 0 aromatic heterocycles. The van der Waals surface area contributed by atoms with Crippen LogP contribution >= 0.6 is 0 Å². The fraction of sp³-hybridized carbons (Fsp3) is 0.294. The lowest BCUT2D eigenvalue weighted by molar-refractivity contribution is 0.470. The van der Waals surface area contributed by atoms with Crippen LogP contribution in [0.1, 0.15) is 24.5 Å². The normalized spacial score (nSPS) is 12.2. The Morgan fingerprint density at radius 3 is 2.50 bits per heavy atom. The van der Waals surface area contributed by atoms with Crippen LogP contribution in [0.5, 0.6) is 11.5 Å². The monoisotopic (exact) mass is 273 g/mol. The van der Waals surface area contributed by atoms with Gasteiger partial charge in [-0.3, -0.25) is 0 Å². The van der Waals surface area contributed by atoms with Crippen molar-refractivity contribution in [3.8, 4) is 11.5 Å². The lowest BCUT2D eigenvalue weighted by Gasteiger charge is -2.15. The van der Waals surface area contributed by atoms with E-state index in [1.807, 2.05) is 19.1 Å². The van der Waals surface area contributed by atoms with Gasteiger partial charge in [0.25, 0.3) is 0 Å². The summed E-state index contributed by atoms with van der Waals surface area (Å²) in [5.41, 5.74) is 8.29. The number of ether oxygens (including phenoxy) is 1. The molecule has 20 heavy (non-hydrogen) atoms. The van der Waals surface area contributed by atoms with E-state index in [1.165, 1.54) is 17.7 Å². The van der Waals surface area contributed by atoms with Crippen LogP contribution in [0.2, 0.25) is 0 Å². The van der Waals surface area contributed by atoms with Crippen molar-refractivity contribution in [3.05, 3.63) is 59.4 Å². The molecular weight excluding hydrogens is 253 g/mol. The summed E-state index contributed by atoms with van der Waals surface area (Å²) in [5.74, 6) is 1.14. The van der Waals surface area contributed by atoms with Gasteiger partial charge in [0, 0.05) is 6.04 Å². The zero-order chi connectivity index (χ0) is 14.5. The van der Waals surface area contributed by atoms with Crippen LogP contribution in [0.4, 0.5) is 4.39 Å². The van der Waals surface area contributed by atoms with Crippen molar-refractivity contribution < 1.29 is 9.13 Å². The molecule has 2 aromatic carbocycles. The summed E-state index contributed by atoms with van der Waals surface area (Å²) in [7, 11) is 0. The molecule has 2 aromatic rings. The average molecular weight is 273 g/mol. The van der Waals surface area contributed by atoms with E-state index in [0.29, 0.717) is 5.75 Å². The zero-order valence-corrected chi connectivity index (χ0v) is 11.9. The third-order valence-electron chi connectivity index (χ3n) is 3.26. The van der Waals surface area contributed by atoms with Crippen molar-refractivity contribution >= 4 is 0 Å². The smallest absolute Gasteiger partial charge is 0.130 e. The third-order valence-corrected chi connectivity index (χ3v) is 3.26. The lowest BCUT2D eigenvalue weighted by Crippen LogP contribution is -2.21. The standard InChI is InChI=1S/C17H20FNO/c1-3-15(19)11-13-10-12(2)4-9-17(13)20-16-7-5-14(18)6-8-16/h4-10,15H,3,11,19H2,1-2H3. The molecule has 0 saturated heterocycles. The van der Waals surface area contributed by atoms with Gasteiger partial charge in [0.2, 0.25) is 0 Å². The molecule has 0 bridgehead atoms. The highest BCUT2D eigenvalue weighted by molar-refractivity contribution is 5.40. The first kappa shape index (κ1) is 14.5. The molecule has 2 N–H and O–H groups in total. The summed E-state index contributed by atoms with van der Waals surface area (Å²) >= 11 is 0. The summed E-state index contributed by atoms with van der Waals surface area (Å²) in [6.45, 7) is 4.11. The molecule has 1 unspecified atom stereocenters. The van der Waals surface area contributed by atoms with Gasteiger partial charge in [0.15, 0.2) is 0 Å². The molecule has 1 atom stereocenters. The summed E-state index contributed by atoms with van der Waals surface area (Å²) in [6, 6.07) is 12.2. The Morgan fingerprint density at radius 2 is 1.85 bits per heavy atom. The highest BCUT2D eigenvalue weighted by Crippen LogP contribution is 2.27. The van der Waals surface area contributed by atoms with Crippen LogP contribution < -0.4 is 10.5 Å². The van der Waals surface area contributed by atoms with Crippen molar-refractivity contribution in [2.24, 2.45) is 5.73 Å². The summed E-state index contributed by atoms with van der Waals surface area (Å²) in [4.78, 5) is 0. The maximum atomic E-state index is 12.9.